The van der Waals surface area contributed by atoms with Gasteiger partial charge in [-0.25, -0.2) is 0 Å². The van der Waals surface area contributed by atoms with Crippen LogP contribution in [0.25, 0.3) is 0 Å². The topological polar surface area (TPSA) is 37.3 Å². The Hall–Kier alpha value is -0.790. The molecule has 0 aliphatic heterocycles. The molecule has 0 saturated heterocycles. The number of fused-ring (bicyclic) bond motifs is 1. The summed E-state index contributed by atoms with van der Waals surface area (Å²) in [6, 6.07) is 0. The molecule has 2 heteroatoms. The number of allylic oxidation sites excluding steroid dienone is 2. The highest BCUT2D eigenvalue weighted by Crippen LogP contribution is 2.59. The third kappa shape index (κ3) is 1.64. The van der Waals surface area contributed by atoms with Gasteiger partial charge in [-0.05, 0) is 57.8 Å². The zero-order chi connectivity index (χ0) is 12.8. The molecule has 0 aromatic carbocycles. The highest BCUT2D eigenvalue weighted by atomic mass is 16.4. The molecule has 1 N–H and O–H groups in total. The van der Waals surface area contributed by atoms with Gasteiger partial charge in [0.05, 0.1) is 5.41 Å². The lowest BCUT2D eigenvalue weighted by atomic mass is 9.50. The van der Waals surface area contributed by atoms with Crippen LogP contribution in [-0.2, 0) is 4.79 Å². The second-order valence-corrected chi connectivity index (χ2v) is 6.49. The van der Waals surface area contributed by atoms with Crippen molar-refractivity contribution in [3.8, 4) is 0 Å². The lowest BCUT2D eigenvalue weighted by molar-refractivity contribution is -0.159. The van der Waals surface area contributed by atoms with Crippen molar-refractivity contribution in [1.82, 2.24) is 0 Å². The molecule has 2 nitrogen and oxygen atoms in total. The molecule has 3 atom stereocenters. The summed E-state index contributed by atoms with van der Waals surface area (Å²) in [7, 11) is 0. The first-order valence-electron chi connectivity index (χ1n) is 6.72. The molecule has 1 unspecified atom stereocenters. The molecule has 96 valence electrons. The zero-order valence-electron chi connectivity index (χ0n) is 11.5. The van der Waals surface area contributed by atoms with Gasteiger partial charge < -0.3 is 5.11 Å². The number of carboxylic acid groups (broad SMARTS) is 1. The Balaban J connectivity index is 2.47. The number of rotatable bonds is 1. The van der Waals surface area contributed by atoms with Gasteiger partial charge in [0, 0.05) is 0 Å². The van der Waals surface area contributed by atoms with Crippen LogP contribution in [0.5, 0.6) is 0 Å². The van der Waals surface area contributed by atoms with E-state index in [1.54, 1.807) is 0 Å². The van der Waals surface area contributed by atoms with Crippen molar-refractivity contribution in [3.63, 3.8) is 0 Å². The van der Waals surface area contributed by atoms with Crippen molar-refractivity contribution in [2.45, 2.75) is 59.8 Å². The maximum atomic E-state index is 11.6. The summed E-state index contributed by atoms with van der Waals surface area (Å²) in [5, 5.41) is 9.59. The smallest absolute Gasteiger partial charge is 0.309 e. The molecule has 2 rings (SSSR count). The Morgan fingerprint density at radius 2 is 1.94 bits per heavy atom. The maximum Gasteiger partial charge on any atom is 0.309 e. The largest absolute Gasteiger partial charge is 0.481 e. The first kappa shape index (κ1) is 12.7. The van der Waals surface area contributed by atoms with Gasteiger partial charge in [0.15, 0.2) is 0 Å². The fourth-order valence-corrected chi connectivity index (χ4v) is 4.25. The van der Waals surface area contributed by atoms with Crippen LogP contribution < -0.4 is 0 Å². The molecule has 1 saturated carbocycles. The van der Waals surface area contributed by atoms with E-state index >= 15 is 0 Å². The first-order chi connectivity index (χ1) is 7.82. The average Bonchev–Trinajstić information content (AvgIpc) is 2.25. The van der Waals surface area contributed by atoms with Gasteiger partial charge in [-0.15, -0.1) is 0 Å². The highest BCUT2D eigenvalue weighted by molar-refractivity contribution is 5.75. The zero-order valence-corrected chi connectivity index (χ0v) is 11.5. The van der Waals surface area contributed by atoms with E-state index in [-0.39, 0.29) is 5.41 Å². The maximum absolute atomic E-state index is 11.6. The van der Waals surface area contributed by atoms with Crippen molar-refractivity contribution in [2.75, 3.05) is 0 Å². The fraction of sp³-hybridized carbons (Fsp3) is 0.800. The summed E-state index contributed by atoms with van der Waals surface area (Å²) in [6.07, 6.45) is 5.16. The van der Waals surface area contributed by atoms with Crippen LogP contribution in [0.3, 0.4) is 0 Å². The SMILES string of the molecule is CC1=C(C)[C@@]2(C)CCC[C@](C)(C(=O)O)C2CC1. The van der Waals surface area contributed by atoms with Crippen molar-refractivity contribution in [3.05, 3.63) is 11.1 Å². The monoisotopic (exact) mass is 236 g/mol. The summed E-state index contributed by atoms with van der Waals surface area (Å²) in [6.45, 7) is 8.68. The number of carbonyl (C=O) groups is 1. The lowest BCUT2D eigenvalue weighted by Gasteiger charge is -2.53. The van der Waals surface area contributed by atoms with Crippen LogP contribution in [0.4, 0.5) is 0 Å². The fourth-order valence-electron chi connectivity index (χ4n) is 4.25. The van der Waals surface area contributed by atoms with Gasteiger partial charge in [0.1, 0.15) is 0 Å². The number of hydrogen-bond donors (Lipinski definition) is 1. The van der Waals surface area contributed by atoms with Crippen molar-refractivity contribution < 1.29 is 9.90 Å². The van der Waals surface area contributed by atoms with Crippen LogP contribution in [-0.4, -0.2) is 11.1 Å². The van der Waals surface area contributed by atoms with Crippen LogP contribution in [0, 0.1) is 16.7 Å². The normalized spacial score (nSPS) is 42.2. The highest BCUT2D eigenvalue weighted by Gasteiger charge is 2.54. The predicted octanol–water partition coefficient (Wildman–Crippen LogP) is 4.01. The summed E-state index contributed by atoms with van der Waals surface area (Å²) >= 11 is 0. The molecule has 0 aromatic rings. The Morgan fingerprint density at radius 1 is 1.29 bits per heavy atom. The van der Waals surface area contributed by atoms with Gasteiger partial charge in [-0.2, -0.15) is 0 Å². The second kappa shape index (κ2) is 3.86. The minimum atomic E-state index is -0.597. The summed E-state index contributed by atoms with van der Waals surface area (Å²) < 4.78 is 0. The standard InChI is InChI=1S/C15H24O2/c1-10-6-7-12-14(3,11(10)2)8-5-9-15(12,4)13(16)17/h12H,5-9H2,1-4H3,(H,16,17)/t12?,14-,15+/m1/s1. The molecule has 2 aliphatic carbocycles. The predicted molar refractivity (Wildman–Crippen MR) is 68.8 cm³/mol. The lowest BCUT2D eigenvalue weighted by Crippen LogP contribution is -2.50. The van der Waals surface area contributed by atoms with Gasteiger partial charge in [-0.1, -0.05) is 24.5 Å². The molecule has 0 amide bonds. The van der Waals surface area contributed by atoms with Gasteiger partial charge in [-0.3, -0.25) is 4.79 Å². The molecule has 17 heavy (non-hydrogen) atoms. The summed E-state index contributed by atoms with van der Waals surface area (Å²) in [5.74, 6) is -0.286. The third-order valence-electron chi connectivity index (χ3n) is 5.72. The Morgan fingerprint density at radius 3 is 2.53 bits per heavy atom. The van der Waals surface area contributed by atoms with Gasteiger partial charge >= 0.3 is 5.97 Å². The Labute approximate surface area is 104 Å². The minimum absolute atomic E-state index is 0.119. The van der Waals surface area contributed by atoms with Crippen molar-refractivity contribution in [1.29, 1.82) is 0 Å². The van der Waals surface area contributed by atoms with Gasteiger partial charge in [0.25, 0.3) is 0 Å². The quantitative estimate of drug-likeness (QED) is 0.698. The second-order valence-electron chi connectivity index (χ2n) is 6.49. The molecule has 0 radical (unpaired) electrons. The molecular weight excluding hydrogens is 212 g/mol. The summed E-state index contributed by atoms with van der Waals surface area (Å²) in [5.41, 5.74) is 2.54. The van der Waals surface area contributed by atoms with Gasteiger partial charge in [0.2, 0.25) is 0 Å². The number of hydrogen-bond acceptors (Lipinski definition) is 1. The Kier molecular flexibility index (Phi) is 2.87. The van der Waals surface area contributed by atoms with E-state index in [1.807, 2.05) is 6.92 Å². The van der Waals surface area contributed by atoms with Crippen LogP contribution in [0.1, 0.15) is 59.8 Å². The van der Waals surface area contributed by atoms with E-state index in [2.05, 4.69) is 20.8 Å². The van der Waals surface area contributed by atoms with E-state index in [1.165, 1.54) is 11.1 Å². The number of aliphatic carboxylic acids is 1. The third-order valence-corrected chi connectivity index (χ3v) is 5.72. The van der Waals surface area contributed by atoms with Crippen LogP contribution in [0.2, 0.25) is 0 Å². The van der Waals surface area contributed by atoms with E-state index in [0.29, 0.717) is 5.92 Å². The summed E-state index contributed by atoms with van der Waals surface area (Å²) in [4.78, 5) is 11.6. The van der Waals surface area contributed by atoms with E-state index in [4.69, 9.17) is 0 Å². The van der Waals surface area contributed by atoms with E-state index in [9.17, 15) is 9.90 Å². The van der Waals surface area contributed by atoms with Crippen LogP contribution in [0.15, 0.2) is 11.1 Å². The van der Waals surface area contributed by atoms with Crippen molar-refractivity contribution >= 4 is 5.97 Å². The Bertz CT molecular complexity index is 382. The molecule has 0 heterocycles. The average molecular weight is 236 g/mol. The molecule has 2 aliphatic rings. The van der Waals surface area contributed by atoms with E-state index in [0.717, 1.165) is 32.1 Å². The molecular formula is C15H24O2. The number of carboxylic acids is 1. The molecule has 0 aromatic heterocycles. The van der Waals surface area contributed by atoms with Crippen molar-refractivity contribution in [2.24, 2.45) is 16.7 Å². The molecule has 0 bridgehead atoms. The van der Waals surface area contributed by atoms with Crippen LogP contribution >= 0.6 is 0 Å². The molecule has 0 spiro atoms. The minimum Gasteiger partial charge on any atom is -0.481 e. The molecule has 1 fully saturated rings. The van der Waals surface area contributed by atoms with E-state index < -0.39 is 11.4 Å². The first-order valence-corrected chi connectivity index (χ1v) is 6.72.